The number of carbonyl (C=O) groups excluding carboxylic acids is 1. The molecule has 3 rings (SSSR count). The van der Waals surface area contributed by atoms with Gasteiger partial charge in [-0.25, -0.2) is 4.39 Å². The quantitative estimate of drug-likeness (QED) is 0.874. The number of carbonyl (C=O) groups is 1. The third-order valence-electron chi connectivity index (χ3n) is 4.54. The monoisotopic (exact) mass is 291 g/mol. The maximum Gasteiger partial charge on any atom is 0.234 e. The molecule has 2 heterocycles. The van der Waals surface area contributed by atoms with Crippen LogP contribution >= 0.6 is 0 Å². The molecule has 2 fully saturated rings. The summed E-state index contributed by atoms with van der Waals surface area (Å²) in [5.41, 5.74) is 0.920. The summed E-state index contributed by atoms with van der Waals surface area (Å²) in [7, 11) is 0. The van der Waals surface area contributed by atoms with Gasteiger partial charge in [0.2, 0.25) is 5.91 Å². The largest absolute Gasteiger partial charge is 0.351 e. The highest BCUT2D eigenvalue weighted by Gasteiger charge is 2.35. The number of hydrogen-bond donors (Lipinski definition) is 2. The van der Waals surface area contributed by atoms with Gasteiger partial charge in [0.1, 0.15) is 5.82 Å². The summed E-state index contributed by atoms with van der Waals surface area (Å²) in [4.78, 5) is 14.4. The van der Waals surface area contributed by atoms with E-state index in [-0.39, 0.29) is 11.7 Å². The van der Waals surface area contributed by atoms with E-state index in [1.807, 2.05) is 0 Å². The third-order valence-corrected chi connectivity index (χ3v) is 4.54. The summed E-state index contributed by atoms with van der Waals surface area (Å²) in [5.74, 6) is 0.494. The van der Waals surface area contributed by atoms with Gasteiger partial charge in [0.15, 0.2) is 0 Å². The van der Waals surface area contributed by atoms with Crippen LogP contribution < -0.4 is 10.6 Å². The zero-order valence-electron chi connectivity index (χ0n) is 12.1. The first-order valence-corrected chi connectivity index (χ1v) is 7.68. The number of fused-ring (bicyclic) bond motifs is 1. The van der Waals surface area contributed by atoms with E-state index in [0.29, 0.717) is 25.0 Å². The van der Waals surface area contributed by atoms with E-state index in [2.05, 4.69) is 15.5 Å². The first-order valence-electron chi connectivity index (χ1n) is 7.68. The van der Waals surface area contributed by atoms with Crippen molar-refractivity contribution < 1.29 is 9.18 Å². The van der Waals surface area contributed by atoms with Gasteiger partial charge in [0, 0.05) is 19.1 Å². The summed E-state index contributed by atoms with van der Waals surface area (Å²) in [6.45, 7) is 4.00. The van der Waals surface area contributed by atoms with E-state index >= 15 is 0 Å². The topological polar surface area (TPSA) is 44.4 Å². The predicted octanol–water partition coefficient (Wildman–Crippen LogP) is 1.13. The van der Waals surface area contributed by atoms with Crippen LogP contribution in [-0.2, 0) is 11.3 Å². The van der Waals surface area contributed by atoms with Gasteiger partial charge in [-0.05, 0) is 49.5 Å². The molecule has 5 heteroatoms. The van der Waals surface area contributed by atoms with Crippen molar-refractivity contribution in [3.8, 4) is 0 Å². The zero-order chi connectivity index (χ0) is 14.7. The van der Waals surface area contributed by atoms with Crippen LogP contribution in [0.4, 0.5) is 4.39 Å². The second kappa shape index (κ2) is 6.54. The molecule has 2 aliphatic heterocycles. The van der Waals surface area contributed by atoms with E-state index in [4.69, 9.17) is 0 Å². The maximum atomic E-state index is 12.8. The molecular weight excluding hydrogens is 269 g/mol. The average Bonchev–Trinajstić information content (AvgIpc) is 2.96. The molecule has 1 aromatic rings. The number of piperidine rings is 1. The van der Waals surface area contributed by atoms with Gasteiger partial charge in [-0.3, -0.25) is 9.69 Å². The Labute approximate surface area is 124 Å². The highest BCUT2D eigenvalue weighted by molar-refractivity contribution is 5.78. The molecule has 2 unspecified atom stereocenters. The Morgan fingerprint density at radius 1 is 1.33 bits per heavy atom. The Hall–Kier alpha value is -1.46. The lowest BCUT2D eigenvalue weighted by Crippen LogP contribution is -2.49. The molecule has 0 bridgehead atoms. The van der Waals surface area contributed by atoms with Crippen molar-refractivity contribution in [1.29, 1.82) is 0 Å². The van der Waals surface area contributed by atoms with Gasteiger partial charge in [-0.2, -0.15) is 0 Å². The fourth-order valence-corrected chi connectivity index (χ4v) is 3.40. The Bertz CT molecular complexity index is 491. The highest BCUT2D eigenvalue weighted by atomic mass is 19.1. The second-order valence-corrected chi connectivity index (χ2v) is 6.00. The minimum Gasteiger partial charge on any atom is -0.351 e. The Morgan fingerprint density at radius 2 is 2.14 bits per heavy atom. The van der Waals surface area contributed by atoms with Crippen molar-refractivity contribution in [2.24, 2.45) is 5.92 Å². The summed E-state index contributed by atoms with van der Waals surface area (Å²) in [6.07, 6.45) is 2.44. The number of nitrogens with zero attached hydrogens (tertiary/aromatic N) is 1. The Balaban J connectivity index is 1.48. The van der Waals surface area contributed by atoms with Crippen molar-refractivity contribution >= 4 is 5.91 Å². The molecule has 0 aliphatic carbocycles. The van der Waals surface area contributed by atoms with Gasteiger partial charge in [0.05, 0.1) is 6.54 Å². The molecule has 114 valence electrons. The molecule has 1 aromatic carbocycles. The van der Waals surface area contributed by atoms with E-state index in [0.717, 1.165) is 25.2 Å². The van der Waals surface area contributed by atoms with Crippen LogP contribution in [0.5, 0.6) is 0 Å². The van der Waals surface area contributed by atoms with Crippen LogP contribution in [0.2, 0.25) is 0 Å². The summed E-state index contributed by atoms with van der Waals surface area (Å²) in [6, 6.07) is 6.75. The molecule has 4 nitrogen and oxygen atoms in total. The minimum absolute atomic E-state index is 0.0480. The van der Waals surface area contributed by atoms with Crippen LogP contribution in [0.15, 0.2) is 24.3 Å². The lowest BCUT2D eigenvalue weighted by Gasteiger charge is -2.36. The van der Waals surface area contributed by atoms with Gasteiger partial charge in [-0.1, -0.05) is 12.1 Å². The number of benzene rings is 1. The first-order chi connectivity index (χ1) is 10.2. The number of rotatable bonds is 4. The van der Waals surface area contributed by atoms with Crippen molar-refractivity contribution in [3.63, 3.8) is 0 Å². The van der Waals surface area contributed by atoms with E-state index in [1.54, 1.807) is 12.1 Å². The fraction of sp³-hybridized carbons (Fsp3) is 0.562. The maximum absolute atomic E-state index is 12.8. The molecule has 2 N–H and O–H groups in total. The van der Waals surface area contributed by atoms with Crippen LogP contribution in [0.1, 0.15) is 18.4 Å². The van der Waals surface area contributed by atoms with Gasteiger partial charge < -0.3 is 10.6 Å². The number of halogens is 1. The second-order valence-electron chi connectivity index (χ2n) is 6.00. The van der Waals surface area contributed by atoms with E-state index < -0.39 is 0 Å². The molecule has 0 aromatic heterocycles. The lowest BCUT2D eigenvalue weighted by molar-refractivity contribution is -0.123. The smallest absolute Gasteiger partial charge is 0.234 e. The molecule has 0 spiro atoms. The predicted molar refractivity (Wildman–Crippen MR) is 79.2 cm³/mol. The number of amides is 1. The summed E-state index contributed by atoms with van der Waals surface area (Å²) < 4.78 is 12.8. The zero-order valence-corrected chi connectivity index (χ0v) is 12.1. The minimum atomic E-state index is -0.252. The van der Waals surface area contributed by atoms with Crippen molar-refractivity contribution in [1.82, 2.24) is 15.5 Å². The van der Waals surface area contributed by atoms with Crippen LogP contribution in [0.3, 0.4) is 0 Å². The van der Waals surface area contributed by atoms with Crippen LogP contribution in [0.25, 0.3) is 0 Å². The standard InChI is InChI=1S/C16H22FN3O/c17-14-5-3-12(4-6-14)8-19-16(21)11-20-7-1-2-13-9-18-10-15(13)20/h3-6,13,15,18H,1-2,7-11H2,(H,19,21). The lowest BCUT2D eigenvalue weighted by atomic mass is 9.92. The summed E-state index contributed by atoms with van der Waals surface area (Å²) >= 11 is 0. The number of hydrogen-bond acceptors (Lipinski definition) is 3. The molecule has 1 amide bonds. The van der Waals surface area contributed by atoms with Gasteiger partial charge in [0.25, 0.3) is 0 Å². The normalized spacial score (nSPS) is 25.6. The summed E-state index contributed by atoms with van der Waals surface area (Å²) in [5, 5.41) is 6.34. The van der Waals surface area contributed by atoms with Gasteiger partial charge >= 0.3 is 0 Å². The molecule has 2 saturated heterocycles. The Kier molecular flexibility index (Phi) is 4.51. The van der Waals surface area contributed by atoms with Crippen molar-refractivity contribution in [2.75, 3.05) is 26.2 Å². The molecule has 0 saturated carbocycles. The number of likely N-dealkylation sites (tertiary alicyclic amines) is 1. The van der Waals surface area contributed by atoms with Gasteiger partial charge in [-0.15, -0.1) is 0 Å². The Morgan fingerprint density at radius 3 is 2.95 bits per heavy atom. The third kappa shape index (κ3) is 3.60. The van der Waals surface area contributed by atoms with Crippen LogP contribution in [0, 0.1) is 11.7 Å². The van der Waals surface area contributed by atoms with E-state index in [1.165, 1.54) is 25.0 Å². The molecule has 0 radical (unpaired) electrons. The van der Waals surface area contributed by atoms with E-state index in [9.17, 15) is 9.18 Å². The van der Waals surface area contributed by atoms with Crippen molar-refractivity contribution in [2.45, 2.75) is 25.4 Å². The number of nitrogens with one attached hydrogen (secondary N) is 2. The molecular formula is C16H22FN3O. The van der Waals surface area contributed by atoms with Crippen molar-refractivity contribution in [3.05, 3.63) is 35.6 Å². The SMILES string of the molecule is O=C(CN1CCCC2CNCC21)NCc1ccc(F)cc1. The highest BCUT2D eigenvalue weighted by Crippen LogP contribution is 2.25. The molecule has 2 atom stereocenters. The fourth-order valence-electron chi connectivity index (χ4n) is 3.40. The molecule has 2 aliphatic rings. The van der Waals surface area contributed by atoms with Crippen LogP contribution in [-0.4, -0.2) is 43.0 Å². The first kappa shape index (κ1) is 14.5. The average molecular weight is 291 g/mol. The molecule has 21 heavy (non-hydrogen) atoms.